The van der Waals surface area contributed by atoms with Crippen LogP contribution in [0.15, 0.2) is 24.3 Å². The summed E-state index contributed by atoms with van der Waals surface area (Å²) in [5, 5.41) is 0.632. The molecule has 1 aliphatic rings. The van der Waals surface area contributed by atoms with Gasteiger partial charge in [-0.3, -0.25) is 4.79 Å². The summed E-state index contributed by atoms with van der Waals surface area (Å²) in [4.78, 5) is 14.6. The van der Waals surface area contributed by atoms with Crippen molar-refractivity contribution < 1.29 is 4.79 Å². The number of ketones is 1. The van der Waals surface area contributed by atoms with Crippen LogP contribution in [0.25, 0.3) is 0 Å². The molecule has 1 aromatic carbocycles. The number of carbonyl (C=O) groups is 1. The van der Waals surface area contributed by atoms with Crippen molar-refractivity contribution in [2.45, 2.75) is 51.5 Å². The van der Waals surface area contributed by atoms with Gasteiger partial charge in [-0.1, -0.05) is 37.1 Å². The SMILES string of the molecule is CCC1CCC(N(C)CCC(=O)c2cccc(Cl)c2)CC1. The van der Waals surface area contributed by atoms with Gasteiger partial charge >= 0.3 is 0 Å². The third kappa shape index (κ3) is 4.82. The molecule has 0 amide bonds. The molecule has 0 unspecified atom stereocenters. The van der Waals surface area contributed by atoms with Crippen molar-refractivity contribution in [3.05, 3.63) is 34.9 Å². The van der Waals surface area contributed by atoms with E-state index in [4.69, 9.17) is 11.6 Å². The topological polar surface area (TPSA) is 20.3 Å². The Hall–Kier alpha value is -0.860. The summed E-state index contributed by atoms with van der Waals surface area (Å²) in [5.41, 5.74) is 0.727. The fraction of sp³-hybridized carbons (Fsp3) is 0.611. The number of rotatable bonds is 6. The first-order valence-electron chi connectivity index (χ1n) is 8.09. The van der Waals surface area contributed by atoms with Crippen molar-refractivity contribution in [1.29, 1.82) is 0 Å². The molecule has 3 heteroatoms. The van der Waals surface area contributed by atoms with Crippen molar-refractivity contribution in [3.63, 3.8) is 0 Å². The van der Waals surface area contributed by atoms with Crippen LogP contribution in [0.2, 0.25) is 5.02 Å². The zero-order valence-corrected chi connectivity index (χ0v) is 13.9. The van der Waals surface area contributed by atoms with Crippen molar-refractivity contribution >= 4 is 17.4 Å². The van der Waals surface area contributed by atoms with E-state index in [0.29, 0.717) is 17.5 Å². The minimum absolute atomic E-state index is 0.187. The van der Waals surface area contributed by atoms with Gasteiger partial charge in [-0.25, -0.2) is 0 Å². The first-order chi connectivity index (χ1) is 10.1. The van der Waals surface area contributed by atoms with E-state index in [1.165, 1.54) is 32.1 Å². The minimum Gasteiger partial charge on any atom is -0.303 e. The van der Waals surface area contributed by atoms with Crippen LogP contribution >= 0.6 is 11.6 Å². The first kappa shape index (κ1) is 16.5. The lowest BCUT2D eigenvalue weighted by Crippen LogP contribution is -2.36. The summed E-state index contributed by atoms with van der Waals surface area (Å²) in [5.74, 6) is 1.11. The second kappa shape index (κ2) is 7.95. The summed E-state index contributed by atoms with van der Waals surface area (Å²) >= 11 is 5.94. The smallest absolute Gasteiger partial charge is 0.164 e. The number of halogens is 1. The summed E-state index contributed by atoms with van der Waals surface area (Å²) in [7, 11) is 2.15. The molecular weight excluding hydrogens is 282 g/mol. The second-order valence-corrected chi connectivity index (χ2v) is 6.68. The van der Waals surface area contributed by atoms with E-state index >= 15 is 0 Å². The normalized spacial score (nSPS) is 22.5. The highest BCUT2D eigenvalue weighted by molar-refractivity contribution is 6.31. The summed E-state index contributed by atoms with van der Waals surface area (Å²) in [6.07, 6.45) is 7.12. The lowest BCUT2D eigenvalue weighted by atomic mass is 9.84. The number of carbonyl (C=O) groups excluding carboxylic acids is 1. The molecule has 1 saturated carbocycles. The van der Waals surface area contributed by atoms with Crippen LogP contribution in [0, 0.1) is 5.92 Å². The van der Waals surface area contributed by atoms with Crippen LogP contribution in [-0.2, 0) is 0 Å². The maximum Gasteiger partial charge on any atom is 0.164 e. The van der Waals surface area contributed by atoms with E-state index in [-0.39, 0.29) is 5.78 Å². The molecule has 0 N–H and O–H groups in total. The van der Waals surface area contributed by atoms with Crippen molar-refractivity contribution in [3.8, 4) is 0 Å². The average molecular weight is 308 g/mol. The molecule has 0 atom stereocenters. The molecular formula is C18H26ClNO. The van der Waals surface area contributed by atoms with Gasteiger partial charge in [0, 0.05) is 29.6 Å². The minimum atomic E-state index is 0.187. The van der Waals surface area contributed by atoms with Gasteiger partial charge in [0.05, 0.1) is 0 Å². The lowest BCUT2D eigenvalue weighted by Gasteiger charge is -2.34. The fourth-order valence-electron chi connectivity index (χ4n) is 3.26. The summed E-state index contributed by atoms with van der Waals surface area (Å²) < 4.78 is 0. The van der Waals surface area contributed by atoms with E-state index in [1.54, 1.807) is 12.1 Å². The van der Waals surface area contributed by atoms with Crippen molar-refractivity contribution in [2.75, 3.05) is 13.6 Å². The standard InChI is InChI=1S/C18H26ClNO/c1-3-14-7-9-17(10-8-14)20(2)12-11-18(21)15-5-4-6-16(19)13-15/h4-6,13-14,17H,3,7-12H2,1-2H3. The monoisotopic (exact) mass is 307 g/mol. The van der Waals surface area contributed by atoms with Gasteiger partial charge in [0.2, 0.25) is 0 Å². The maximum absolute atomic E-state index is 12.2. The molecule has 0 heterocycles. The van der Waals surface area contributed by atoms with E-state index in [0.717, 1.165) is 18.0 Å². The predicted octanol–water partition coefficient (Wildman–Crippen LogP) is 4.81. The number of nitrogens with zero attached hydrogens (tertiary/aromatic N) is 1. The third-order valence-corrected chi connectivity index (χ3v) is 5.09. The molecule has 0 saturated heterocycles. The van der Waals surface area contributed by atoms with Gasteiger partial charge in [-0.2, -0.15) is 0 Å². The molecule has 0 aliphatic heterocycles. The molecule has 21 heavy (non-hydrogen) atoms. The summed E-state index contributed by atoms with van der Waals surface area (Å²) in [6, 6.07) is 7.90. The Morgan fingerprint density at radius 2 is 2.00 bits per heavy atom. The molecule has 2 nitrogen and oxygen atoms in total. The Morgan fingerprint density at radius 3 is 2.62 bits per heavy atom. The number of benzene rings is 1. The van der Waals surface area contributed by atoms with E-state index < -0.39 is 0 Å². The van der Waals surface area contributed by atoms with E-state index in [1.807, 2.05) is 12.1 Å². The zero-order valence-electron chi connectivity index (χ0n) is 13.1. The van der Waals surface area contributed by atoms with E-state index in [2.05, 4.69) is 18.9 Å². The Labute approximate surface area is 133 Å². The number of Topliss-reactive ketones (excluding diaryl/α,β-unsaturated/α-hetero) is 1. The Bertz CT molecular complexity index is 466. The Kier molecular flexibility index (Phi) is 6.25. The average Bonchev–Trinajstić information content (AvgIpc) is 2.52. The highest BCUT2D eigenvalue weighted by Crippen LogP contribution is 2.29. The molecule has 116 valence electrons. The third-order valence-electron chi connectivity index (χ3n) is 4.86. The quantitative estimate of drug-likeness (QED) is 0.703. The molecule has 0 bridgehead atoms. The molecule has 2 rings (SSSR count). The number of hydrogen-bond donors (Lipinski definition) is 0. The van der Waals surface area contributed by atoms with Crippen LogP contribution < -0.4 is 0 Å². The van der Waals surface area contributed by atoms with Gasteiger partial charge in [0.25, 0.3) is 0 Å². The van der Waals surface area contributed by atoms with Crippen LogP contribution in [0.1, 0.15) is 55.8 Å². The molecule has 0 spiro atoms. The molecule has 1 aliphatic carbocycles. The van der Waals surface area contributed by atoms with Crippen LogP contribution in [0.4, 0.5) is 0 Å². The van der Waals surface area contributed by atoms with Gasteiger partial charge in [-0.05, 0) is 50.8 Å². The van der Waals surface area contributed by atoms with Crippen LogP contribution in [-0.4, -0.2) is 30.3 Å². The first-order valence-corrected chi connectivity index (χ1v) is 8.47. The predicted molar refractivity (Wildman–Crippen MR) is 89.1 cm³/mol. The van der Waals surface area contributed by atoms with Gasteiger partial charge < -0.3 is 4.90 Å². The zero-order chi connectivity index (χ0) is 15.2. The van der Waals surface area contributed by atoms with Gasteiger partial charge in [0.15, 0.2) is 5.78 Å². The van der Waals surface area contributed by atoms with Crippen molar-refractivity contribution in [1.82, 2.24) is 4.90 Å². The molecule has 0 radical (unpaired) electrons. The molecule has 1 aromatic rings. The van der Waals surface area contributed by atoms with Crippen LogP contribution in [0.3, 0.4) is 0 Å². The fourth-order valence-corrected chi connectivity index (χ4v) is 3.45. The highest BCUT2D eigenvalue weighted by Gasteiger charge is 2.23. The largest absolute Gasteiger partial charge is 0.303 e. The van der Waals surface area contributed by atoms with E-state index in [9.17, 15) is 4.79 Å². The maximum atomic E-state index is 12.2. The number of hydrogen-bond acceptors (Lipinski definition) is 2. The van der Waals surface area contributed by atoms with Gasteiger partial charge in [-0.15, -0.1) is 0 Å². The highest BCUT2D eigenvalue weighted by atomic mass is 35.5. The van der Waals surface area contributed by atoms with Gasteiger partial charge in [0.1, 0.15) is 0 Å². The summed E-state index contributed by atoms with van der Waals surface area (Å²) in [6.45, 7) is 3.13. The molecule has 0 aromatic heterocycles. The van der Waals surface area contributed by atoms with Crippen molar-refractivity contribution in [2.24, 2.45) is 5.92 Å². The Morgan fingerprint density at radius 1 is 1.29 bits per heavy atom. The Balaban J connectivity index is 1.79. The second-order valence-electron chi connectivity index (χ2n) is 6.25. The lowest BCUT2D eigenvalue weighted by molar-refractivity contribution is 0.0946. The molecule has 1 fully saturated rings. The van der Waals surface area contributed by atoms with Crippen LogP contribution in [0.5, 0.6) is 0 Å².